The van der Waals surface area contributed by atoms with Crippen molar-refractivity contribution in [2.75, 3.05) is 5.73 Å². The summed E-state index contributed by atoms with van der Waals surface area (Å²) in [4.78, 5) is 0. The van der Waals surface area contributed by atoms with E-state index in [0.717, 1.165) is 17.6 Å². The molecule has 4 heteroatoms. The monoisotopic (exact) mass is 203 g/mol. The van der Waals surface area contributed by atoms with Crippen molar-refractivity contribution in [2.45, 2.75) is 19.9 Å². The van der Waals surface area contributed by atoms with Gasteiger partial charge in [-0.3, -0.25) is 0 Å². The maximum atomic E-state index is 5.60. The van der Waals surface area contributed by atoms with E-state index in [1.54, 1.807) is 10.7 Å². The molecule has 0 aliphatic rings. The van der Waals surface area contributed by atoms with Crippen molar-refractivity contribution in [1.82, 2.24) is 9.78 Å². The van der Waals surface area contributed by atoms with E-state index in [9.17, 15) is 0 Å². The molecule has 0 saturated carbocycles. The van der Waals surface area contributed by atoms with Crippen LogP contribution < -0.4 is 5.73 Å². The maximum absolute atomic E-state index is 5.60. The number of rotatable bonds is 2. The van der Waals surface area contributed by atoms with Crippen LogP contribution in [0.1, 0.15) is 13.3 Å². The quantitative estimate of drug-likeness (QED) is 0.795. The van der Waals surface area contributed by atoms with E-state index in [1.807, 2.05) is 0 Å². The summed E-state index contributed by atoms with van der Waals surface area (Å²) in [5.41, 5.74) is 5.60. The van der Waals surface area contributed by atoms with Gasteiger partial charge in [0.2, 0.25) is 0 Å². The van der Waals surface area contributed by atoms with Gasteiger partial charge in [-0.1, -0.05) is 6.92 Å². The van der Waals surface area contributed by atoms with Crippen LogP contribution >= 0.6 is 15.9 Å². The van der Waals surface area contributed by atoms with Gasteiger partial charge in [-0.2, -0.15) is 5.10 Å². The maximum Gasteiger partial charge on any atom is 0.130 e. The molecule has 2 N–H and O–H groups in total. The number of nitrogen functional groups attached to an aromatic ring is 1. The van der Waals surface area contributed by atoms with Crippen molar-refractivity contribution in [1.29, 1.82) is 0 Å². The minimum Gasteiger partial charge on any atom is -0.384 e. The highest BCUT2D eigenvalue weighted by molar-refractivity contribution is 9.10. The molecule has 0 radical (unpaired) electrons. The Hall–Kier alpha value is -0.510. The van der Waals surface area contributed by atoms with Crippen LogP contribution in [0, 0.1) is 0 Å². The topological polar surface area (TPSA) is 43.8 Å². The first kappa shape index (κ1) is 7.60. The smallest absolute Gasteiger partial charge is 0.130 e. The fraction of sp³-hybridized carbons (Fsp3) is 0.500. The van der Waals surface area contributed by atoms with E-state index in [0.29, 0.717) is 5.82 Å². The van der Waals surface area contributed by atoms with E-state index in [4.69, 9.17) is 5.73 Å². The Balaban J connectivity index is 2.81. The van der Waals surface area contributed by atoms with Crippen LogP contribution in [0.25, 0.3) is 0 Å². The fourth-order valence-electron chi connectivity index (χ4n) is 0.789. The van der Waals surface area contributed by atoms with Crippen molar-refractivity contribution in [2.24, 2.45) is 0 Å². The second-order valence-corrected chi connectivity index (χ2v) is 2.93. The molecule has 1 heterocycles. The third-order valence-electron chi connectivity index (χ3n) is 1.22. The van der Waals surface area contributed by atoms with E-state index in [2.05, 4.69) is 28.0 Å². The van der Waals surface area contributed by atoms with Crippen LogP contribution in [0.4, 0.5) is 5.82 Å². The number of aromatic nitrogens is 2. The summed E-state index contributed by atoms with van der Waals surface area (Å²) in [6.07, 6.45) is 1.05. The van der Waals surface area contributed by atoms with Gasteiger partial charge in [0, 0.05) is 12.6 Å². The highest BCUT2D eigenvalue weighted by Crippen LogP contribution is 2.11. The van der Waals surface area contributed by atoms with Crippen molar-refractivity contribution in [3.05, 3.63) is 10.7 Å². The number of hydrogen-bond acceptors (Lipinski definition) is 2. The van der Waals surface area contributed by atoms with Gasteiger partial charge in [0.15, 0.2) is 0 Å². The van der Waals surface area contributed by atoms with E-state index >= 15 is 0 Å². The molecule has 10 heavy (non-hydrogen) atoms. The summed E-state index contributed by atoms with van der Waals surface area (Å²) in [6.45, 7) is 2.98. The van der Waals surface area contributed by atoms with Gasteiger partial charge in [0.1, 0.15) is 10.4 Å². The SMILES string of the molecule is CCCn1nc(Br)cc1N. The standard InChI is InChI=1S/C6H10BrN3/c1-2-3-10-6(8)4-5(7)9-10/h4H,2-3,8H2,1H3. The number of nitrogens with two attached hydrogens (primary N) is 1. The largest absolute Gasteiger partial charge is 0.384 e. The van der Waals surface area contributed by atoms with Crippen LogP contribution in [-0.2, 0) is 6.54 Å². The Labute approximate surface area is 68.3 Å². The molecule has 56 valence electrons. The Morgan fingerprint density at radius 1 is 1.80 bits per heavy atom. The van der Waals surface area contributed by atoms with Crippen molar-refractivity contribution in [3.63, 3.8) is 0 Å². The zero-order valence-corrected chi connectivity index (χ0v) is 7.43. The molecule has 0 bridgehead atoms. The van der Waals surface area contributed by atoms with Crippen molar-refractivity contribution < 1.29 is 0 Å². The first-order valence-electron chi connectivity index (χ1n) is 3.23. The number of halogens is 1. The molecule has 3 nitrogen and oxygen atoms in total. The number of nitrogens with zero attached hydrogens (tertiary/aromatic N) is 2. The summed E-state index contributed by atoms with van der Waals surface area (Å²) in [5.74, 6) is 0.716. The highest BCUT2D eigenvalue weighted by Gasteiger charge is 1.99. The molecule has 1 rings (SSSR count). The van der Waals surface area contributed by atoms with Gasteiger partial charge in [0.25, 0.3) is 0 Å². The van der Waals surface area contributed by atoms with Crippen LogP contribution in [0.5, 0.6) is 0 Å². The Kier molecular flexibility index (Phi) is 2.32. The van der Waals surface area contributed by atoms with E-state index in [-0.39, 0.29) is 0 Å². The average molecular weight is 204 g/mol. The van der Waals surface area contributed by atoms with Crippen molar-refractivity contribution in [3.8, 4) is 0 Å². The molecule has 0 saturated heterocycles. The minimum absolute atomic E-state index is 0.716. The predicted molar refractivity (Wildman–Crippen MR) is 44.6 cm³/mol. The van der Waals surface area contributed by atoms with Gasteiger partial charge < -0.3 is 5.73 Å². The Morgan fingerprint density at radius 2 is 2.50 bits per heavy atom. The zero-order valence-electron chi connectivity index (χ0n) is 5.84. The van der Waals surface area contributed by atoms with E-state index in [1.165, 1.54) is 0 Å². The van der Waals surface area contributed by atoms with Gasteiger partial charge >= 0.3 is 0 Å². The molecular weight excluding hydrogens is 194 g/mol. The summed E-state index contributed by atoms with van der Waals surface area (Å²) in [6, 6.07) is 1.80. The van der Waals surface area contributed by atoms with Gasteiger partial charge in [0.05, 0.1) is 0 Å². The first-order valence-corrected chi connectivity index (χ1v) is 4.02. The van der Waals surface area contributed by atoms with Gasteiger partial charge in [-0.05, 0) is 22.4 Å². The normalized spacial score (nSPS) is 10.2. The van der Waals surface area contributed by atoms with E-state index < -0.39 is 0 Å². The molecule has 0 aromatic carbocycles. The lowest BCUT2D eigenvalue weighted by Gasteiger charge is -1.98. The first-order chi connectivity index (χ1) is 4.74. The fourth-order valence-corrected chi connectivity index (χ4v) is 1.22. The Morgan fingerprint density at radius 3 is 2.90 bits per heavy atom. The van der Waals surface area contributed by atoms with Gasteiger partial charge in [-0.15, -0.1) is 0 Å². The minimum atomic E-state index is 0.716. The molecule has 0 atom stereocenters. The third-order valence-corrected chi connectivity index (χ3v) is 1.60. The molecule has 1 aromatic rings. The number of hydrogen-bond donors (Lipinski definition) is 1. The summed E-state index contributed by atoms with van der Waals surface area (Å²) in [5, 5.41) is 4.11. The summed E-state index contributed by atoms with van der Waals surface area (Å²) < 4.78 is 2.59. The molecule has 0 aliphatic heterocycles. The van der Waals surface area contributed by atoms with Crippen LogP contribution in [0.15, 0.2) is 10.7 Å². The van der Waals surface area contributed by atoms with Crippen molar-refractivity contribution >= 4 is 21.7 Å². The molecule has 0 fully saturated rings. The molecule has 0 amide bonds. The lowest BCUT2D eigenvalue weighted by molar-refractivity contribution is 0.608. The molecular formula is C6H10BrN3. The molecule has 0 unspecified atom stereocenters. The summed E-state index contributed by atoms with van der Waals surface area (Å²) in [7, 11) is 0. The lowest BCUT2D eigenvalue weighted by atomic mass is 10.5. The van der Waals surface area contributed by atoms with Crippen LogP contribution in [-0.4, -0.2) is 9.78 Å². The van der Waals surface area contributed by atoms with Crippen LogP contribution in [0.2, 0.25) is 0 Å². The average Bonchev–Trinajstić information content (AvgIpc) is 2.13. The number of anilines is 1. The molecule has 1 aromatic heterocycles. The summed E-state index contributed by atoms with van der Waals surface area (Å²) >= 11 is 3.24. The molecule has 0 spiro atoms. The molecule has 0 aliphatic carbocycles. The zero-order chi connectivity index (χ0) is 7.56. The third kappa shape index (κ3) is 1.50. The van der Waals surface area contributed by atoms with Gasteiger partial charge in [-0.25, -0.2) is 4.68 Å². The lowest BCUT2D eigenvalue weighted by Crippen LogP contribution is -2.03. The predicted octanol–water partition coefficient (Wildman–Crippen LogP) is 1.64. The second-order valence-electron chi connectivity index (χ2n) is 2.12. The Bertz CT molecular complexity index is 219. The highest BCUT2D eigenvalue weighted by atomic mass is 79.9. The second kappa shape index (κ2) is 3.05. The number of aryl methyl sites for hydroxylation is 1. The van der Waals surface area contributed by atoms with Crippen LogP contribution in [0.3, 0.4) is 0 Å².